The van der Waals surface area contributed by atoms with E-state index < -0.39 is 0 Å². The number of hydrogen-bond acceptors (Lipinski definition) is 3. The lowest BCUT2D eigenvalue weighted by Crippen LogP contribution is -2.46. The van der Waals surface area contributed by atoms with Crippen molar-refractivity contribution in [2.75, 3.05) is 19.8 Å². The number of urea groups is 1. The number of nitrogens with one attached hydrogen (secondary N) is 2. The molecule has 2 heterocycles. The Morgan fingerprint density at radius 2 is 1.92 bits per heavy atom. The lowest BCUT2D eigenvalue weighted by atomic mass is 9.78. The van der Waals surface area contributed by atoms with E-state index in [4.69, 9.17) is 4.74 Å². The Hall–Kier alpha value is -1.92. The number of amides is 2. The number of carbonyl (C=O) groups is 1. The molecule has 3 rings (SSSR count). The Morgan fingerprint density at radius 1 is 1.17 bits per heavy atom. The van der Waals surface area contributed by atoms with Crippen molar-refractivity contribution in [1.82, 2.24) is 10.6 Å². The van der Waals surface area contributed by atoms with Gasteiger partial charge in [0.25, 0.3) is 0 Å². The van der Waals surface area contributed by atoms with Gasteiger partial charge in [-0.2, -0.15) is 0 Å². The predicted molar refractivity (Wildman–Crippen MR) is 92.7 cm³/mol. The molecule has 2 aromatic rings. The summed E-state index contributed by atoms with van der Waals surface area (Å²) in [4.78, 5) is 13.4. The molecular weight excluding hydrogens is 327 g/mol. The minimum atomic E-state index is -0.277. The van der Waals surface area contributed by atoms with Crippen LogP contribution in [0.1, 0.15) is 23.3 Å². The zero-order valence-corrected chi connectivity index (χ0v) is 14.2. The summed E-state index contributed by atoms with van der Waals surface area (Å²) < 4.78 is 18.4. The molecule has 1 aliphatic heterocycles. The number of rotatable bonds is 5. The summed E-state index contributed by atoms with van der Waals surface area (Å²) in [6, 6.07) is 10.1. The van der Waals surface area contributed by atoms with Crippen molar-refractivity contribution < 1.29 is 13.9 Å². The molecule has 1 fully saturated rings. The Bertz CT molecular complexity index is 652. The summed E-state index contributed by atoms with van der Waals surface area (Å²) in [7, 11) is 0. The van der Waals surface area contributed by atoms with Gasteiger partial charge in [-0.15, -0.1) is 11.3 Å². The highest BCUT2D eigenvalue weighted by Gasteiger charge is 2.35. The fourth-order valence-corrected chi connectivity index (χ4v) is 3.94. The molecular formula is C18H21FN2O2S. The molecule has 0 saturated carbocycles. The Morgan fingerprint density at radius 3 is 2.58 bits per heavy atom. The van der Waals surface area contributed by atoms with Gasteiger partial charge in [-0.25, -0.2) is 9.18 Å². The van der Waals surface area contributed by atoms with Crippen molar-refractivity contribution in [1.29, 1.82) is 0 Å². The molecule has 2 N–H and O–H groups in total. The smallest absolute Gasteiger partial charge is 0.315 e. The van der Waals surface area contributed by atoms with Gasteiger partial charge in [0.2, 0.25) is 0 Å². The van der Waals surface area contributed by atoms with Crippen molar-refractivity contribution in [3.8, 4) is 0 Å². The molecule has 0 unspecified atom stereocenters. The first kappa shape index (κ1) is 16.9. The first-order valence-electron chi connectivity index (χ1n) is 8.06. The van der Waals surface area contributed by atoms with Gasteiger partial charge in [0.05, 0.1) is 0 Å². The molecule has 0 aliphatic carbocycles. The molecule has 1 aromatic heterocycles. The van der Waals surface area contributed by atoms with Crippen LogP contribution < -0.4 is 10.6 Å². The molecule has 0 spiro atoms. The zero-order valence-electron chi connectivity index (χ0n) is 13.4. The van der Waals surface area contributed by atoms with Gasteiger partial charge in [-0.05, 0) is 42.0 Å². The number of hydrogen-bond donors (Lipinski definition) is 2. The first-order chi connectivity index (χ1) is 11.7. The Labute approximate surface area is 145 Å². The quantitative estimate of drug-likeness (QED) is 0.870. The molecule has 2 amide bonds. The summed E-state index contributed by atoms with van der Waals surface area (Å²) in [6.45, 7) is 2.40. The second kappa shape index (κ2) is 7.77. The summed E-state index contributed by atoms with van der Waals surface area (Å²) in [6.07, 6.45) is 1.82. The van der Waals surface area contributed by atoms with Crippen molar-refractivity contribution in [3.63, 3.8) is 0 Å². The molecule has 0 bridgehead atoms. The van der Waals surface area contributed by atoms with Gasteiger partial charge >= 0.3 is 6.03 Å². The first-order valence-corrected chi connectivity index (χ1v) is 8.94. The zero-order chi connectivity index (χ0) is 16.8. The second-order valence-electron chi connectivity index (χ2n) is 6.03. The van der Waals surface area contributed by atoms with Crippen LogP contribution in [0.3, 0.4) is 0 Å². The Balaban J connectivity index is 1.54. The van der Waals surface area contributed by atoms with Crippen LogP contribution in [0.15, 0.2) is 41.8 Å². The minimum Gasteiger partial charge on any atom is -0.381 e. The van der Waals surface area contributed by atoms with E-state index in [1.807, 2.05) is 6.07 Å². The van der Waals surface area contributed by atoms with E-state index in [9.17, 15) is 9.18 Å². The number of ether oxygens (including phenoxy) is 1. The standard InChI is InChI=1S/C18H21FN2O2S/c19-15-5-3-14(4-6-15)12-20-17(22)21-13-18(7-9-23-10-8-18)16-2-1-11-24-16/h1-6,11H,7-10,12-13H2,(H2,20,21,22). The number of thiophene rings is 1. The summed E-state index contributed by atoms with van der Waals surface area (Å²) in [5, 5.41) is 7.88. The van der Waals surface area contributed by atoms with E-state index in [1.165, 1.54) is 17.0 Å². The van der Waals surface area contributed by atoms with E-state index in [2.05, 4.69) is 22.1 Å². The van der Waals surface area contributed by atoms with Crippen LogP contribution in [0.5, 0.6) is 0 Å². The molecule has 4 nitrogen and oxygen atoms in total. The maximum absolute atomic E-state index is 12.9. The van der Waals surface area contributed by atoms with Crippen LogP contribution in [0, 0.1) is 5.82 Å². The normalized spacial score (nSPS) is 16.5. The molecule has 1 aromatic carbocycles. The minimum absolute atomic E-state index is 0.0420. The van der Waals surface area contributed by atoms with Gasteiger partial charge in [0.1, 0.15) is 5.82 Å². The van der Waals surface area contributed by atoms with Crippen molar-refractivity contribution >= 4 is 17.4 Å². The van der Waals surface area contributed by atoms with Gasteiger partial charge in [0, 0.05) is 36.6 Å². The Kier molecular flexibility index (Phi) is 5.48. The van der Waals surface area contributed by atoms with E-state index in [1.54, 1.807) is 23.5 Å². The van der Waals surface area contributed by atoms with Crippen molar-refractivity contribution in [3.05, 3.63) is 58.0 Å². The molecule has 1 aliphatic rings. The molecule has 128 valence electrons. The van der Waals surface area contributed by atoms with Gasteiger partial charge in [0.15, 0.2) is 0 Å². The maximum atomic E-state index is 12.9. The van der Waals surface area contributed by atoms with Crippen LogP contribution in [0.4, 0.5) is 9.18 Å². The van der Waals surface area contributed by atoms with Gasteiger partial charge in [-0.1, -0.05) is 18.2 Å². The predicted octanol–water partition coefficient (Wildman–Crippen LogP) is 3.43. The van der Waals surface area contributed by atoms with Crippen LogP contribution in [0.2, 0.25) is 0 Å². The average molecular weight is 348 g/mol. The molecule has 6 heteroatoms. The molecule has 0 atom stereocenters. The fraction of sp³-hybridized carbons (Fsp3) is 0.389. The monoisotopic (exact) mass is 348 g/mol. The van der Waals surface area contributed by atoms with Crippen molar-refractivity contribution in [2.45, 2.75) is 24.8 Å². The van der Waals surface area contributed by atoms with Crippen molar-refractivity contribution in [2.24, 2.45) is 0 Å². The third-order valence-electron chi connectivity index (χ3n) is 4.45. The highest BCUT2D eigenvalue weighted by atomic mass is 32.1. The number of benzene rings is 1. The van der Waals surface area contributed by atoms with Crippen LogP contribution in [-0.2, 0) is 16.7 Å². The maximum Gasteiger partial charge on any atom is 0.315 e. The lowest BCUT2D eigenvalue weighted by molar-refractivity contribution is 0.0519. The van der Waals surface area contributed by atoms with Gasteiger partial charge in [-0.3, -0.25) is 0 Å². The summed E-state index contributed by atoms with van der Waals surface area (Å²) in [5.41, 5.74) is 0.824. The highest BCUT2D eigenvalue weighted by Crippen LogP contribution is 2.36. The summed E-state index contributed by atoms with van der Waals surface area (Å²) >= 11 is 1.73. The van der Waals surface area contributed by atoms with E-state index in [-0.39, 0.29) is 17.3 Å². The highest BCUT2D eigenvalue weighted by molar-refractivity contribution is 7.10. The summed E-state index contributed by atoms with van der Waals surface area (Å²) in [5.74, 6) is -0.277. The molecule has 24 heavy (non-hydrogen) atoms. The molecule has 0 radical (unpaired) electrons. The third kappa shape index (κ3) is 4.13. The van der Waals surface area contributed by atoms with E-state index >= 15 is 0 Å². The third-order valence-corrected chi connectivity index (χ3v) is 5.56. The van der Waals surface area contributed by atoms with Gasteiger partial charge < -0.3 is 15.4 Å². The number of halogens is 1. The topological polar surface area (TPSA) is 50.4 Å². The van der Waals surface area contributed by atoms with E-state index in [0.717, 1.165) is 31.6 Å². The lowest BCUT2D eigenvalue weighted by Gasteiger charge is -2.36. The average Bonchev–Trinajstić information content (AvgIpc) is 3.16. The van der Waals surface area contributed by atoms with Crippen LogP contribution in [-0.4, -0.2) is 25.8 Å². The van der Waals surface area contributed by atoms with Crippen LogP contribution in [0.25, 0.3) is 0 Å². The second-order valence-corrected chi connectivity index (χ2v) is 6.98. The number of carbonyl (C=O) groups excluding carboxylic acids is 1. The van der Waals surface area contributed by atoms with Crippen LogP contribution >= 0.6 is 11.3 Å². The van der Waals surface area contributed by atoms with E-state index in [0.29, 0.717) is 13.1 Å². The fourth-order valence-electron chi connectivity index (χ4n) is 2.95. The largest absolute Gasteiger partial charge is 0.381 e. The molecule has 1 saturated heterocycles. The SMILES string of the molecule is O=C(NCc1ccc(F)cc1)NCC1(c2cccs2)CCOCC1.